The van der Waals surface area contributed by atoms with Crippen molar-refractivity contribution in [1.82, 2.24) is 0 Å². The Balaban J connectivity index is 2.16. The Morgan fingerprint density at radius 3 is 2.33 bits per heavy atom. The molecule has 0 atom stereocenters. The summed E-state index contributed by atoms with van der Waals surface area (Å²) >= 11 is -2.18. The molecule has 27 heavy (non-hydrogen) atoms. The minimum absolute atomic E-state index is 0.720. The first-order chi connectivity index (χ1) is 12.8. The number of hydrogen-bond donors (Lipinski definition) is 0. The SMILES string of the molecule is Cc1ccc2c(oc3c(C#N)[c]([Ge]([CH3])([CH3])[CH3])ccc32)c1-c1cccc[n+]1C. The van der Waals surface area contributed by atoms with Gasteiger partial charge in [-0.3, -0.25) is 0 Å². The zero-order chi connectivity index (χ0) is 19.3. The van der Waals surface area contributed by atoms with Crippen molar-refractivity contribution in [3.8, 4) is 17.3 Å². The average molecular weight is 416 g/mol. The summed E-state index contributed by atoms with van der Waals surface area (Å²) in [5.74, 6) is 6.93. The summed E-state index contributed by atoms with van der Waals surface area (Å²) in [6.45, 7) is 2.11. The summed E-state index contributed by atoms with van der Waals surface area (Å²) < 4.78 is 9.73. The fourth-order valence-corrected chi connectivity index (χ4v) is 6.99. The summed E-state index contributed by atoms with van der Waals surface area (Å²) in [4.78, 5) is 0. The van der Waals surface area contributed by atoms with Gasteiger partial charge in [0.25, 0.3) is 0 Å². The number of rotatable bonds is 2. The van der Waals surface area contributed by atoms with Crippen LogP contribution in [0.2, 0.25) is 17.3 Å². The van der Waals surface area contributed by atoms with E-state index in [1.54, 1.807) is 0 Å². The summed E-state index contributed by atoms with van der Waals surface area (Å²) in [6.07, 6.45) is 2.04. The molecule has 4 rings (SSSR count). The van der Waals surface area contributed by atoms with Crippen molar-refractivity contribution < 1.29 is 8.98 Å². The molecule has 0 aliphatic heterocycles. The number of benzene rings is 2. The standard InChI is InChI=1S/C23H23GeN2O/c1-15-9-10-17-16-11-12-19(24(2,3)4)18(14-25)22(16)27-23(17)21(15)20-8-6-7-13-26(20)5/h6-13H,1-5H3/q+1. The molecule has 2 aromatic carbocycles. The Morgan fingerprint density at radius 2 is 1.67 bits per heavy atom. The Hall–Kier alpha value is -2.58. The van der Waals surface area contributed by atoms with Gasteiger partial charge in [-0.25, -0.2) is 0 Å². The van der Waals surface area contributed by atoms with E-state index in [4.69, 9.17) is 4.42 Å². The van der Waals surface area contributed by atoms with Gasteiger partial charge >= 0.3 is 162 Å². The molecule has 0 aliphatic carbocycles. The van der Waals surface area contributed by atoms with Crippen LogP contribution >= 0.6 is 0 Å². The molecule has 0 N–H and O–H groups in total. The number of pyridine rings is 1. The van der Waals surface area contributed by atoms with Crippen LogP contribution in [0.5, 0.6) is 0 Å². The molecule has 3 nitrogen and oxygen atoms in total. The van der Waals surface area contributed by atoms with Gasteiger partial charge in [0, 0.05) is 0 Å². The van der Waals surface area contributed by atoms with Crippen LogP contribution in [0.15, 0.2) is 53.1 Å². The van der Waals surface area contributed by atoms with Gasteiger partial charge in [0.05, 0.1) is 0 Å². The van der Waals surface area contributed by atoms with E-state index >= 15 is 0 Å². The van der Waals surface area contributed by atoms with Crippen molar-refractivity contribution in [2.45, 2.75) is 24.2 Å². The van der Waals surface area contributed by atoms with Crippen LogP contribution in [-0.2, 0) is 7.05 Å². The van der Waals surface area contributed by atoms with Gasteiger partial charge in [-0.2, -0.15) is 0 Å². The van der Waals surface area contributed by atoms with Crippen molar-refractivity contribution >= 4 is 39.6 Å². The molecule has 134 valence electrons. The Labute approximate surface area is 162 Å². The van der Waals surface area contributed by atoms with Gasteiger partial charge in [0.15, 0.2) is 0 Å². The van der Waals surface area contributed by atoms with E-state index in [0.717, 1.165) is 44.3 Å². The van der Waals surface area contributed by atoms with Gasteiger partial charge in [-0.05, 0) is 0 Å². The van der Waals surface area contributed by atoms with E-state index < -0.39 is 13.3 Å². The third-order valence-corrected chi connectivity index (χ3v) is 9.51. The first-order valence-electron chi connectivity index (χ1n) is 9.17. The molecule has 0 spiro atoms. The predicted molar refractivity (Wildman–Crippen MR) is 113 cm³/mol. The van der Waals surface area contributed by atoms with Crippen molar-refractivity contribution in [1.29, 1.82) is 5.26 Å². The van der Waals surface area contributed by atoms with Crippen molar-refractivity contribution in [2.75, 3.05) is 0 Å². The van der Waals surface area contributed by atoms with Crippen molar-refractivity contribution in [3.05, 3.63) is 59.8 Å². The maximum absolute atomic E-state index is 9.91. The molecule has 0 saturated carbocycles. The molecular formula is C23H23GeN2O+. The van der Waals surface area contributed by atoms with E-state index in [0.29, 0.717) is 0 Å². The maximum atomic E-state index is 9.91. The molecule has 4 heteroatoms. The molecule has 0 radical (unpaired) electrons. The number of nitrogens with zero attached hydrogens (tertiary/aromatic N) is 2. The van der Waals surface area contributed by atoms with E-state index in [9.17, 15) is 5.26 Å². The second-order valence-electron chi connectivity index (χ2n) is 8.16. The first-order valence-corrected chi connectivity index (χ1v) is 16.5. The van der Waals surface area contributed by atoms with E-state index in [2.05, 4.69) is 65.2 Å². The van der Waals surface area contributed by atoms with Crippen LogP contribution in [0.3, 0.4) is 0 Å². The number of furan rings is 1. The second-order valence-corrected chi connectivity index (χ2v) is 18.7. The molecule has 0 unspecified atom stereocenters. The van der Waals surface area contributed by atoms with E-state index in [1.165, 1.54) is 4.40 Å². The third-order valence-electron chi connectivity index (χ3n) is 5.25. The third kappa shape index (κ3) is 2.76. The Morgan fingerprint density at radius 1 is 0.963 bits per heavy atom. The molecule has 2 aromatic heterocycles. The number of aromatic nitrogens is 1. The van der Waals surface area contributed by atoms with Gasteiger partial charge < -0.3 is 0 Å². The van der Waals surface area contributed by atoms with Crippen molar-refractivity contribution in [2.24, 2.45) is 7.05 Å². The monoisotopic (exact) mass is 417 g/mol. The number of nitriles is 1. The molecule has 0 amide bonds. The zero-order valence-corrected chi connectivity index (χ0v) is 18.5. The number of aryl methyl sites for hydroxylation is 2. The van der Waals surface area contributed by atoms with Crippen LogP contribution in [-0.4, -0.2) is 13.3 Å². The summed E-state index contributed by atoms with van der Waals surface area (Å²) in [6, 6.07) is 17.2. The Kier molecular flexibility index (Phi) is 4.12. The van der Waals surface area contributed by atoms with Gasteiger partial charge in [0.2, 0.25) is 0 Å². The minimum atomic E-state index is -2.18. The Bertz CT molecular complexity index is 1240. The normalized spacial score (nSPS) is 11.9. The van der Waals surface area contributed by atoms with E-state index in [1.807, 2.05) is 25.4 Å². The molecular weight excluding hydrogens is 393 g/mol. The summed E-state index contributed by atoms with van der Waals surface area (Å²) in [5, 5.41) is 12.0. The predicted octanol–water partition coefficient (Wildman–Crippen LogP) is 4.80. The average Bonchev–Trinajstić information content (AvgIpc) is 2.99. The van der Waals surface area contributed by atoms with Crippen LogP contribution < -0.4 is 8.96 Å². The number of hydrogen-bond acceptors (Lipinski definition) is 2. The van der Waals surface area contributed by atoms with Crippen LogP contribution in [0.1, 0.15) is 11.1 Å². The van der Waals surface area contributed by atoms with Crippen molar-refractivity contribution in [3.63, 3.8) is 0 Å². The molecule has 0 bridgehead atoms. The molecule has 4 aromatic rings. The quantitative estimate of drug-likeness (QED) is 0.348. The van der Waals surface area contributed by atoms with Gasteiger partial charge in [-0.1, -0.05) is 0 Å². The summed E-state index contributed by atoms with van der Waals surface area (Å²) in [7, 11) is 2.04. The zero-order valence-electron chi connectivity index (χ0n) is 16.4. The topological polar surface area (TPSA) is 40.8 Å². The fraction of sp³-hybridized carbons (Fsp3) is 0.217. The fourth-order valence-electron chi connectivity index (χ4n) is 3.84. The molecule has 0 saturated heterocycles. The second kappa shape index (κ2) is 6.25. The van der Waals surface area contributed by atoms with Crippen LogP contribution in [0.4, 0.5) is 0 Å². The summed E-state index contributed by atoms with van der Waals surface area (Å²) in [5.41, 5.74) is 5.67. The van der Waals surface area contributed by atoms with Gasteiger partial charge in [0.1, 0.15) is 0 Å². The molecule has 2 heterocycles. The molecule has 0 aliphatic rings. The first kappa shape index (κ1) is 17.8. The van der Waals surface area contributed by atoms with Gasteiger partial charge in [-0.15, -0.1) is 0 Å². The molecule has 0 fully saturated rings. The van der Waals surface area contributed by atoms with Crippen LogP contribution in [0, 0.1) is 18.3 Å². The number of fused-ring (bicyclic) bond motifs is 3. The van der Waals surface area contributed by atoms with Crippen LogP contribution in [0.25, 0.3) is 33.2 Å². The van der Waals surface area contributed by atoms with E-state index in [-0.39, 0.29) is 0 Å².